The molecule has 0 aliphatic carbocycles. The summed E-state index contributed by atoms with van der Waals surface area (Å²) in [7, 11) is 0. The molecule has 3 unspecified atom stereocenters. The van der Waals surface area contributed by atoms with Crippen LogP contribution in [-0.2, 0) is 44.5 Å². The number of carboxylic acid groups (broad SMARTS) is 1. The summed E-state index contributed by atoms with van der Waals surface area (Å²) in [6.07, 6.45) is -3.83. The van der Waals surface area contributed by atoms with Crippen LogP contribution in [0.3, 0.4) is 0 Å². The molecule has 18 nitrogen and oxygen atoms in total. The number of ether oxygens (including phenoxy) is 6. The van der Waals surface area contributed by atoms with E-state index in [9.17, 15) is 34.4 Å². The summed E-state index contributed by atoms with van der Waals surface area (Å²) in [4.78, 5) is 60.2. The zero-order valence-corrected chi connectivity index (χ0v) is 24.9. The second-order valence-corrected chi connectivity index (χ2v) is 10.5. The largest absolute Gasteiger partial charge is 0.484 e. The minimum atomic E-state index is -1.94. The van der Waals surface area contributed by atoms with E-state index >= 15 is 0 Å². The van der Waals surface area contributed by atoms with Crippen molar-refractivity contribution < 1.29 is 62.7 Å². The number of nitro groups is 1. The molecule has 0 bridgehead atoms. The van der Waals surface area contributed by atoms with Crippen molar-refractivity contribution in [3.05, 3.63) is 33.9 Å². The van der Waals surface area contributed by atoms with Gasteiger partial charge in [-0.15, -0.1) is 0 Å². The van der Waals surface area contributed by atoms with Crippen LogP contribution >= 0.6 is 0 Å². The average molecular weight is 643 g/mol. The van der Waals surface area contributed by atoms with Gasteiger partial charge in [0.25, 0.3) is 0 Å². The van der Waals surface area contributed by atoms with Crippen LogP contribution in [0, 0.1) is 10.1 Å². The standard InChI is InChI=1S/C27H38N4O14/c1-27(2)43-16-19(45-27)15-42-24(35)22(44-25(36)23(33)34)12-17-3-4-21(20(11-17)31(38)39)41-14-18(32)13-28-5-6-29-26(37)30-7-9-40-10-8-30/h3-4,11,18-19,22,28,32H,5-10,12-16H2,1-2H3,(H,29,37)(H,33,34). The molecule has 3 rings (SSSR count). The molecule has 2 fully saturated rings. The van der Waals surface area contributed by atoms with Crippen molar-refractivity contribution in [3.63, 3.8) is 0 Å². The Morgan fingerprint density at radius 1 is 1.20 bits per heavy atom. The zero-order valence-electron chi connectivity index (χ0n) is 24.9. The predicted octanol–water partition coefficient (Wildman–Crippen LogP) is -0.800. The maximum Gasteiger partial charge on any atom is 0.418 e. The summed E-state index contributed by atoms with van der Waals surface area (Å²) in [6, 6.07) is 3.46. The summed E-state index contributed by atoms with van der Waals surface area (Å²) in [5.41, 5.74) is -0.369. The average Bonchev–Trinajstić information content (AvgIpc) is 3.36. The Balaban J connectivity index is 1.51. The number of morpholine rings is 1. The molecule has 45 heavy (non-hydrogen) atoms. The number of aliphatic hydroxyl groups excluding tert-OH is 1. The third kappa shape index (κ3) is 11.7. The van der Waals surface area contributed by atoms with Gasteiger partial charge in [0.1, 0.15) is 25.4 Å². The van der Waals surface area contributed by atoms with Crippen LogP contribution in [0.5, 0.6) is 5.75 Å². The highest BCUT2D eigenvalue weighted by molar-refractivity contribution is 6.28. The highest BCUT2D eigenvalue weighted by atomic mass is 16.7. The first-order chi connectivity index (χ1) is 21.3. The lowest BCUT2D eigenvalue weighted by Crippen LogP contribution is -2.47. The van der Waals surface area contributed by atoms with Gasteiger partial charge in [0.15, 0.2) is 11.5 Å². The van der Waals surface area contributed by atoms with Gasteiger partial charge in [0.05, 0.1) is 24.7 Å². The number of aliphatic carboxylic acids is 1. The van der Waals surface area contributed by atoms with Crippen molar-refractivity contribution in [2.45, 2.75) is 44.4 Å². The molecule has 2 heterocycles. The lowest BCUT2D eigenvalue weighted by atomic mass is 10.1. The highest BCUT2D eigenvalue weighted by Crippen LogP contribution is 2.29. The number of hydrogen-bond donors (Lipinski definition) is 4. The Kier molecular flexibility index (Phi) is 13.2. The molecule has 4 N–H and O–H groups in total. The Morgan fingerprint density at radius 2 is 1.93 bits per heavy atom. The van der Waals surface area contributed by atoms with Crippen molar-refractivity contribution in [2.24, 2.45) is 0 Å². The van der Waals surface area contributed by atoms with Gasteiger partial charge < -0.3 is 54.2 Å². The quantitative estimate of drug-likeness (QED) is 0.0603. The topological polar surface area (TPSA) is 235 Å². The number of carbonyl (C=O) groups excluding carboxylic acids is 3. The second kappa shape index (κ2) is 16.8. The lowest BCUT2D eigenvalue weighted by Gasteiger charge is -2.27. The molecule has 1 aromatic carbocycles. The first kappa shape index (κ1) is 35.4. The number of hydrogen-bond acceptors (Lipinski definition) is 14. The van der Waals surface area contributed by atoms with Crippen molar-refractivity contribution in [1.29, 1.82) is 0 Å². The summed E-state index contributed by atoms with van der Waals surface area (Å²) < 4.78 is 31.5. The Morgan fingerprint density at radius 3 is 2.58 bits per heavy atom. The molecule has 2 aliphatic heterocycles. The molecule has 0 aromatic heterocycles. The smallest absolute Gasteiger partial charge is 0.418 e. The predicted molar refractivity (Wildman–Crippen MR) is 150 cm³/mol. The fourth-order valence-corrected chi connectivity index (χ4v) is 4.28. The fourth-order valence-electron chi connectivity index (χ4n) is 4.28. The Labute approximate surface area is 258 Å². The van der Waals surface area contributed by atoms with Gasteiger partial charge in [-0.2, -0.15) is 0 Å². The maximum atomic E-state index is 12.7. The molecule has 250 valence electrons. The monoisotopic (exact) mass is 642 g/mol. The van der Waals surface area contributed by atoms with E-state index < -0.39 is 59.0 Å². The van der Waals surface area contributed by atoms with Crippen molar-refractivity contribution in [1.82, 2.24) is 15.5 Å². The van der Waals surface area contributed by atoms with E-state index in [0.717, 1.165) is 6.07 Å². The van der Waals surface area contributed by atoms with Crippen LogP contribution in [0.2, 0.25) is 0 Å². The Bertz CT molecular complexity index is 1210. The molecule has 0 spiro atoms. The molecule has 0 saturated carbocycles. The van der Waals surface area contributed by atoms with E-state index in [1.54, 1.807) is 18.7 Å². The minimum absolute atomic E-state index is 0.0769. The third-order valence-electron chi connectivity index (χ3n) is 6.49. The van der Waals surface area contributed by atoms with Crippen molar-refractivity contribution in [3.8, 4) is 5.75 Å². The van der Waals surface area contributed by atoms with E-state index in [4.69, 9.17) is 33.5 Å². The van der Waals surface area contributed by atoms with Crippen molar-refractivity contribution in [2.75, 3.05) is 65.8 Å². The summed E-state index contributed by atoms with van der Waals surface area (Å²) >= 11 is 0. The summed E-state index contributed by atoms with van der Waals surface area (Å²) in [5.74, 6) is -5.80. The minimum Gasteiger partial charge on any atom is -0.484 e. The number of esters is 2. The maximum absolute atomic E-state index is 12.7. The SMILES string of the molecule is CC1(C)OCC(COC(=O)C(Cc2ccc(OCC(O)CNCCNC(=O)N3CCOCC3)c([N+](=O)[O-])c2)OC(=O)C(=O)O)O1. The van der Waals surface area contributed by atoms with Crippen LogP contribution in [0.4, 0.5) is 10.5 Å². The first-order valence-corrected chi connectivity index (χ1v) is 14.2. The van der Waals surface area contributed by atoms with Gasteiger partial charge in [-0.05, 0) is 25.5 Å². The molecule has 2 amide bonds. The van der Waals surface area contributed by atoms with Crippen molar-refractivity contribution >= 4 is 29.6 Å². The number of benzene rings is 1. The number of carbonyl (C=O) groups is 4. The summed E-state index contributed by atoms with van der Waals surface area (Å²) in [6.45, 7) is 5.65. The van der Waals surface area contributed by atoms with Gasteiger partial charge in [-0.1, -0.05) is 6.07 Å². The molecular formula is C27H38N4O14. The lowest BCUT2D eigenvalue weighted by molar-refractivity contribution is -0.386. The number of aliphatic hydroxyl groups is 1. The van der Waals surface area contributed by atoms with Crippen LogP contribution < -0.4 is 15.4 Å². The number of nitrogens with one attached hydrogen (secondary N) is 2. The number of amides is 2. The zero-order chi connectivity index (χ0) is 33.0. The molecule has 0 radical (unpaired) electrons. The molecular weight excluding hydrogens is 604 g/mol. The van der Waals surface area contributed by atoms with Gasteiger partial charge in [-0.25, -0.2) is 19.2 Å². The number of nitrogens with zero attached hydrogens (tertiary/aromatic N) is 2. The highest BCUT2D eigenvalue weighted by Gasteiger charge is 2.35. The van der Waals surface area contributed by atoms with Crippen LogP contribution in [-0.4, -0.2) is 134 Å². The van der Waals surface area contributed by atoms with E-state index in [0.29, 0.717) is 39.4 Å². The van der Waals surface area contributed by atoms with E-state index in [1.807, 2.05) is 0 Å². The van der Waals surface area contributed by atoms with Crippen LogP contribution in [0.1, 0.15) is 19.4 Å². The van der Waals surface area contributed by atoms with E-state index in [-0.39, 0.29) is 43.7 Å². The number of nitro benzene ring substituents is 1. The molecule has 2 aliphatic rings. The van der Waals surface area contributed by atoms with Gasteiger partial charge in [0, 0.05) is 45.2 Å². The molecule has 2 saturated heterocycles. The third-order valence-corrected chi connectivity index (χ3v) is 6.49. The molecule has 18 heteroatoms. The number of carboxylic acids is 1. The van der Waals surface area contributed by atoms with E-state index in [1.165, 1.54) is 12.1 Å². The number of rotatable bonds is 15. The fraction of sp³-hybridized carbons (Fsp3) is 0.630. The van der Waals surface area contributed by atoms with Crippen LogP contribution in [0.15, 0.2) is 18.2 Å². The second-order valence-electron chi connectivity index (χ2n) is 10.5. The van der Waals surface area contributed by atoms with Crippen LogP contribution in [0.25, 0.3) is 0 Å². The Hall–Kier alpha value is -4.10. The molecule has 3 atom stereocenters. The first-order valence-electron chi connectivity index (χ1n) is 14.2. The molecule has 1 aromatic rings. The van der Waals surface area contributed by atoms with E-state index in [2.05, 4.69) is 10.6 Å². The van der Waals surface area contributed by atoms with Gasteiger partial charge in [-0.3, -0.25) is 10.1 Å². The van der Waals surface area contributed by atoms with Gasteiger partial charge >= 0.3 is 29.6 Å². The number of urea groups is 1. The summed E-state index contributed by atoms with van der Waals surface area (Å²) in [5, 5.41) is 36.6. The van der Waals surface area contributed by atoms with Gasteiger partial charge in [0.2, 0.25) is 6.10 Å². The normalized spacial score (nSPS) is 18.8.